The van der Waals surface area contributed by atoms with Crippen LogP contribution in [0.15, 0.2) is 48.5 Å². The molecule has 0 radical (unpaired) electrons. The lowest BCUT2D eigenvalue weighted by molar-refractivity contribution is 0.335. The first-order valence-electron chi connectivity index (χ1n) is 8.01. The van der Waals surface area contributed by atoms with Crippen molar-refractivity contribution in [1.29, 1.82) is 0 Å². The first kappa shape index (κ1) is 16.6. The molecule has 22 heavy (non-hydrogen) atoms. The molecular formula is C20H27NO. The van der Waals surface area contributed by atoms with E-state index >= 15 is 0 Å². The summed E-state index contributed by atoms with van der Waals surface area (Å²) in [7, 11) is 0. The van der Waals surface area contributed by atoms with Crippen LogP contribution < -0.4 is 10.1 Å². The molecule has 2 rings (SSSR count). The molecule has 2 heteroatoms. The van der Waals surface area contributed by atoms with Gasteiger partial charge in [-0.25, -0.2) is 0 Å². The molecule has 0 spiro atoms. The predicted molar refractivity (Wildman–Crippen MR) is 93.3 cm³/mol. The Morgan fingerprint density at radius 2 is 1.59 bits per heavy atom. The molecule has 2 aromatic carbocycles. The van der Waals surface area contributed by atoms with Crippen molar-refractivity contribution in [3.63, 3.8) is 0 Å². The van der Waals surface area contributed by atoms with E-state index < -0.39 is 0 Å². The molecule has 0 aromatic heterocycles. The Morgan fingerprint density at radius 3 is 2.23 bits per heavy atom. The number of hydrogen-bond acceptors (Lipinski definition) is 2. The molecule has 0 heterocycles. The van der Waals surface area contributed by atoms with Gasteiger partial charge < -0.3 is 10.1 Å². The van der Waals surface area contributed by atoms with E-state index in [1.807, 2.05) is 19.1 Å². The highest BCUT2D eigenvalue weighted by Gasteiger charge is 2.12. The van der Waals surface area contributed by atoms with Gasteiger partial charge in [0.2, 0.25) is 0 Å². The van der Waals surface area contributed by atoms with E-state index in [9.17, 15) is 0 Å². The van der Waals surface area contributed by atoms with E-state index in [0.29, 0.717) is 6.61 Å². The summed E-state index contributed by atoms with van der Waals surface area (Å²) >= 11 is 0. The molecule has 0 saturated carbocycles. The first-order chi connectivity index (χ1) is 10.5. The molecule has 2 aromatic rings. The van der Waals surface area contributed by atoms with Gasteiger partial charge in [0, 0.05) is 18.7 Å². The summed E-state index contributed by atoms with van der Waals surface area (Å²) in [4.78, 5) is 0. The summed E-state index contributed by atoms with van der Waals surface area (Å²) in [6.07, 6.45) is 0. The highest BCUT2D eigenvalue weighted by atomic mass is 16.5. The molecule has 0 saturated heterocycles. The van der Waals surface area contributed by atoms with Crippen LogP contribution in [-0.4, -0.2) is 6.61 Å². The van der Waals surface area contributed by atoms with Crippen molar-refractivity contribution < 1.29 is 4.74 Å². The molecule has 118 valence electrons. The van der Waals surface area contributed by atoms with Crippen molar-refractivity contribution in [2.75, 3.05) is 6.61 Å². The molecule has 0 fully saturated rings. The third-order valence-electron chi connectivity index (χ3n) is 3.74. The van der Waals surface area contributed by atoms with Gasteiger partial charge in [-0.05, 0) is 29.5 Å². The fraction of sp³-hybridized carbons (Fsp3) is 0.400. The Labute approximate surface area is 134 Å². The summed E-state index contributed by atoms with van der Waals surface area (Å²) in [6, 6.07) is 17.1. The number of ether oxygens (including phenoxy) is 1. The van der Waals surface area contributed by atoms with Gasteiger partial charge in [0.15, 0.2) is 0 Å². The minimum Gasteiger partial charge on any atom is -0.494 e. The number of rotatable bonds is 6. The topological polar surface area (TPSA) is 21.3 Å². The third kappa shape index (κ3) is 4.60. The maximum absolute atomic E-state index is 5.65. The van der Waals surface area contributed by atoms with Crippen LogP contribution in [0, 0.1) is 0 Å². The molecule has 0 aliphatic heterocycles. The van der Waals surface area contributed by atoms with Crippen LogP contribution in [0.4, 0.5) is 0 Å². The Hall–Kier alpha value is -1.80. The Bertz CT molecular complexity index is 581. The van der Waals surface area contributed by atoms with Crippen molar-refractivity contribution in [2.24, 2.45) is 0 Å². The Kier molecular flexibility index (Phi) is 5.62. The summed E-state index contributed by atoms with van der Waals surface area (Å²) in [6.45, 7) is 11.1. The van der Waals surface area contributed by atoms with Crippen molar-refractivity contribution in [3.05, 3.63) is 65.2 Å². The number of benzene rings is 2. The quantitative estimate of drug-likeness (QED) is 0.836. The Balaban J connectivity index is 1.91. The monoisotopic (exact) mass is 297 g/mol. The average Bonchev–Trinajstić information content (AvgIpc) is 2.49. The standard InChI is InChI=1S/C20H27NO/c1-5-22-19-9-7-6-8-17(19)15-21-14-16-10-12-18(13-11-16)20(2,3)4/h6-13,21H,5,14-15H2,1-4H3. The van der Waals surface area contributed by atoms with Gasteiger partial charge in [-0.3, -0.25) is 0 Å². The van der Waals surface area contributed by atoms with Gasteiger partial charge >= 0.3 is 0 Å². The van der Waals surface area contributed by atoms with Gasteiger partial charge in [-0.15, -0.1) is 0 Å². The zero-order valence-electron chi connectivity index (χ0n) is 14.1. The number of hydrogen-bond donors (Lipinski definition) is 1. The molecule has 0 unspecified atom stereocenters. The minimum atomic E-state index is 0.211. The van der Waals surface area contributed by atoms with E-state index in [4.69, 9.17) is 4.74 Å². The number of nitrogens with one attached hydrogen (secondary N) is 1. The molecule has 1 N–H and O–H groups in total. The van der Waals surface area contributed by atoms with Crippen LogP contribution in [0.3, 0.4) is 0 Å². The smallest absolute Gasteiger partial charge is 0.123 e. The summed E-state index contributed by atoms with van der Waals surface area (Å²) in [5, 5.41) is 3.49. The summed E-state index contributed by atoms with van der Waals surface area (Å²) < 4.78 is 5.65. The van der Waals surface area contributed by atoms with E-state index in [0.717, 1.165) is 18.8 Å². The lowest BCUT2D eigenvalue weighted by Crippen LogP contribution is -2.14. The largest absolute Gasteiger partial charge is 0.494 e. The van der Waals surface area contributed by atoms with Crippen molar-refractivity contribution in [1.82, 2.24) is 5.32 Å². The van der Waals surface area contributed by atoms with Crippen molar-refractivity contribution in [3.8, 4) is 5.75 Å². The van der Waals surface area contributed by atoms with Gasteiger partial charge in [-0.1, -0.05) is 63.2 Å². The highest BCUT2D eigenvalue weighted by molar-refractivity contribution is 5.33. The molecular weight excluding hydrogens is 270 g/mol. The predicted octanol–water partition coefficient (Wildman–Crippen LogP) is 4.67. The second kappa shape index (κ2) is 7.46. The van der Waals surface area contributed by atoms with Gasteiger partial charge in [-0.2, -0.15) is 0 Å². The van der Waals surface area contributed by atoms with E-state index in [-0.39, 0.29) is 5.41 Å². The zero-order valence-corrected chi connectivity index (χ0v) is 14.1. The van der Waals surface area contributed by atoms with Crippen LogP contribution in [0.1, 0.15) is 44.4 Å². The fourth-order valence-corrected chi connectivity index (χ4v) is 2.41. The number of para-hydroxylation sites is 1. The third-order valence-corrected chi connectivity index (χ3v) is 3.74. The normalized spacial score (nSPS) is 11.5. The zero-order chi connectivity index (χ0) is 16.0. The summed E-state index contributed by atoms with van der Waals surface area (Å²) in [5.74, 6) is 0.973. The van der Waals surface area contributed by atoms with Crippen LogP contribution >= 0.6 is 0 Å². The van der Waals surface area contributed by atoms with E-state index in [2.05, 4.69) is 62.5 Å². The second-order valence-corrected chi connectivity index (χ2v) is 6.59. The van der Waals surface area contributed by atoms with Crippen LogP contribution in [0.2, 0.25) is 0 Å². The van der Waals surface area contributed by atoms with Gasteiger partial charge in [0.05, 0.1) is 6.61 Å². The average molecular weight is 297 g/mol. The molecule has 0 aliphatic carbocycles. The van der Waals surface area contributed by atoms with Crippen LogP contribution in [0.5, 0.6) is 5.75 Å². The maximum Gasteiger partial charge on any atom is 0.123 e. The lowest BCUT2D eigenvalue weighted by atomic mass is 9.87. The minimum absolute atomic E-state index is 0.211. The lowest BCUT2D eigenvalue weighted by Gasteiger charge is -2.19. The van der Waals surface area contributed by atoms with Crippen LogP contribution in [0.25, 0.3) is 0 Å². The second-order valence-electron chi connectivity index (χ2n) is 6.59. The first-order valence-corrected chi connectivity index (χ1v) is 8.01. The molecule has 0 atom stereocenters. The molecule has 0 amide bonds. The molecule has 0 aliphatic rings. The highest BCUT2D eigenvalue weighted by Crippen LogP contribution is 2.22. The van der Waals surface area contributed by atoms with Gasteiger partial charge in [0.1, 0.15) is 5.75 Å². The van der Waals surface area contributed by atoms with Crippen LogP contribution in [-0.2, 0) is 18.5 Å². The van der Waals surface area contributed by atoms with E-state index in [1.54, 1.807) is 0 Å². The van der Waals surface area contributed by atoms with E-state index in [1.165, 1.54) is 16.7 Å². The maximum atomic E-state index is 5.65. The van der Waals surface area contributed by atoms with Crippen molar-refractivity contribution in [2.45, 2.75) is 46.2 Å². The SMILES string of the molecule is CCOc1ccccc1CNCc1ccc(C(C)(C)C)cc1. The summed E-state index contributed by atoms with van der Waals surface area (Å²) in [5.41, 5.74) is 4.10. The Morgan fingerprint density at radius 1 is 0.909 bits per heavy atom. The van der Waals surface area contributed by atoms with Crippen molar-refractivity contribution >= 4 is 0 Å². The molecule has 0 bridgehead atoms. The fourth-order valence-electron chi connectivity index (χ4n) is 2.41. The molecule has 2 nitrogen and oxygen atoms in total. The van der Waals surface area contributed by atoms with Gasteiger partial charge in [0.25, 0.3) is 0 Å².